The quantitative estimate of drug-likeness (QED) is 0.681. The lowest BCUT2D eigenvalue weighted by atomic mass is 9.97. The Morgan fingerprint density at radius 1 is 1.58 bits per heavy atom. The number of carbonyl (C=O) groups is 1. The Bertz CT molecular complexity index is 295. The predicted molar refractivity (Wildman–Crippen MR) is 54.1 cm³/mol. The molecule has 1 N–H and O–H groups in total. The van der Waals surface area contributed by atoms with Crippen molar-refractivity contribution in [1.82, 2.24) is 5.32 Å². The fraction of sp³-hybridized carbons (Fsp3) is 0.375. The number of halogens is 2. The van der Waals surface area contributed by atoms with Gasteiger partial charge >= 0.3 is 0 Å². The van der Waals surface area contributed by atoms with E-state index in [2.05, 4.69) is 43.3 Å². The van der Waals surface area contributed by atoms with E-state index in [0.717, 1.165) is 10.2 Å². The van der Waals surface area contributed by atoms with Gasteiger partial charge in [0.05, 0.1) is 0 Å². The molecule has 2 atom stereocenters. The summed E-state index contributed by atoms with van der Waals surface area (Å²) in [6.07, 6.45) is 4.61. The van der Waals surface area contributed by atoms with Gasteiger partial charge in [-0.05, 0) is 22.0 Å². The molecule has 1 heterocycles. The third kappa shape index (κ3) is 1.27. The van der Waals surface area contributed by atoms with Gasteiger partial charge in [0.25, 0.3) is 0 Å². The zero-order chi connectivity index (χ0) is 8.72. The molecule has 0 radical (unpaired) electrons. The molecule has 1 aliphatic carbocycles. The summed E-state index contributed by atoms with van der Waals surface area (Å²) < 4.78 is 0.994. The van der Waals surface area contributed by atoms with E-state index < -0.39 is 0 Å². The Balaban J connectivity index is 2.37. The van der Waals surface area contributed by atoms with Crippen LogP contribution in [0.4, 0.5) is 0 Å². The average molecular weight is 293 g/mol. The Morgan fingerprint density at radius 2 is 2.33 bits per heavy atom. The second kappa shape index (κ2) is 3.00. The first-order valence-electron chi connectivity index (χ1n) is 3.70. The minimum Gasteiger partial charge on any atom is -0.328 e. The molecule has 12 heavy (non-hydrogen) atoms. The van der Waals surface area contributed by atoms with Crippen molar-refractivity contribution in [3.05, 3.63) is 22.3 Å². The summed E-state index contributed by atoms with van der Waals surface area (Å²) in [6.45, 7) is 0. The van der Waals surface area contributed by atoms with E-state index in [-0.39, 0.29) is 16.7 Å². The van der Waals surface area contributed by atoms with Crippen LogP contribution in [0.3, 0.4) is 0 Å². The molecule has 0 unspecified atom stereocenters. The number of nitrogens with one attached hydrogen (secondary N) is 1. The van der Waals surface area contributed by atoms with Crippen LogP contribution in [-0.4, -0.2) is 10.7 Å². The first kappa shape index (κ1) is 8.51. The van der Waals surface area contributed by atoms with Gasteiger partial charge in [0.2, 0.25) is 5.91 Å². The number of fused-ring (bicyclic) bond motifs is 1. The molecular formula is C8H7Br2NO. The molecule has 0 aromatic carbocycles. The van der Waals surface area contributed by atoms with Gasteiger partial charge in [0, 0.05) is 27.3 Å². The molecule has 4 heteroatoms. The number of hydrogen-bond acceptors (Lipinski definition) is 1. The summed E-state index contributed by atoms with van der Waals surface area (Å²) in [5, 5.41) is 2.85. The highest BCUT2D eigenvalue weighted by atomic mass is 79.9. The van der Waals surface area contributed by atoms with Crippen molar-refractivity contribution in [1.29, 1.82) is 0 Å². The van der Waals surface area contributed by atoms with Crippen LogP contribution in [0.2, 0.25) is 0 Å². The van der Waals surface area contributed by atoms with Gasteiger partial charge in [0.15, 0.2) is 0 Å². The van der Waals surface area contributed by atoms with Crippen LogP contribution in [0, 0.1) is 5.92 Å². The molecule has 0 bridgehead atoms. The van der Waals surface area contributed by atoms with Crippen LogP contribution in [0.5, 0.6) is 0 Å². The van der Waals surface area contributed by atoms with E-state index >= 15 is 0 Å². The zero-order valence-electron chi connectivity index (χ0n) is 6.18. The van der Waals surface area contributed by atoms with Crippen molar-refractivity contribution in [3.63, 3.8) is 0 Å². The van der Waals surface area contributed by atoms with Crippen LogP contribution < -0.4 is 5.32 Å². The molecule has 0 aromatic rings. The average Bonchev–Trinajstić information content (AvgIpc) is 2.41. The smallest absolute Gasteiger partial charge is 0.224 e. The molecule has 0 saturated carbocycles. The van der Waals surface area contributed by atoms with Gasteiger partial charge in [-0.2, -0.15) is 0 Å². The summed E-state index contributed by atoms with van der Waals surface area (Å²) in [6, 6.07) is 0. The zero-order valence-corrected chi connectivity index (χ0v) is 9.35. The van der Waals surface area contributed by atoms with Gasteiger partial charge in [-0.25, -0.2) is 0 Å². The van der Waals surface area contributed by atoms with Crippen molar-refractivity contribution >= 4 is 37.8 Å². The van der Waals surface area contributed by atoms with Crippen LogP contribution in [0.25, 0.3) is 0 Å². The third-order valence-electron chi connectivity index (χ3n) is 2.12. The minimum absolute atomic E-state index is 0.111. The summed E-state index contributed by atoms with van der Waals surface area (Å²) in [4.78, 5) is 11.4. The van der Waals surface area contributed by atoms with Gasteiger partial charge < -0.3 is 5.32 Å². The molecule has 1 amide bonds. The lowest BCUT2D eigenvalue weighted by Gasteiger charge is -2.19. The molecule has 1 fully saturated rings. The molecule has 0 spiro atoms. The van der Waals surface area contributed by atoms with Gasteiger partial charge in [-0.1, -0.05) is 22.0 Å². The minimum atomic E-state index is 0.111. The number of carbonyl (C=O) groups excluding carboxylic acids is 1. The monoisotopic (exact) mass is 291 g/mol. The maximum atomic E-state index is 11.1. The number of allylic oxidation sites excluding steroid dienone is 4. The standard InChI is InChI=1S/C8H7Br2NO/c9-5-1-2-6(10)8-4(5)3-7(12)11-8/h1-2,4-5H,3H2,(H,11,12)/t4-,5-/m0/s1. The lowest BCUT2D eigenvalue weighted by molar-refractivity contribution is -0.119. The van der Waals surface area contributed by atoms with Gasteiger partial charge in [-0.15, -0.1) is 0 Å². The number of hydrogen-bond donors (Lipinski definition) is 1. The van der Waals surface area contributed by atoms with E-state index in [9.17, 15) is 4.79 Å². The second-order valence-electron chi connectivity index (χ2n) is 2.92. The Morgan fingerprint density at radius 3 is 3.00 bits per heavy atom. The number of rotatable bonds is 0. The maximum Gasteiger partial charge on any atom is 0.224 e. The van der Waals surface area contributed by atoms with Crippen molar-refractivity contribution in [2.45, 2.75) is 11.2 Å². The summed E-state index contributed by atoms with van der Waals surface area (Å²) >= 11 is 6.92. The van der Waals surface area contributed by atoms with E-state index in [1.165, 1.54) is 0 Å². The van der Waals surface area contributed by atoms with Gasteiger partial charge in [0.1, 0.15) is 0 Å². The van der Waals surface area contributed by atoms with Crippen LogP contribution in [0.15, 0.2) is 22.3 Å². The SMILES string of the molecule is O=C1C[C@@H]2C(=C(Br)C=C[C@@H]2Br)N1. The fourth-order valence-electron chi connectivity index (χ4n) is 1.50. The molecule has 2 nitrogen and oxygen atoms in total. The largest absolute Gasteiger partial charge is 0.328 e. The molecule has 2 rings (SSSR count). The summed E-state index contributed by atoms with van der Waals surface area (Å²) in [7, 11) is 0. The first-order valence-corrected chi connectivity index (χ1v) is 5.41. The normalized spacial score (nSPS) is 33.7. The van der Waals surface area contributed by atoms with Crippen LogP contribution in [0.1, 0.15) is 6.42 Å². The lowest BCUT2D eigenvalue weighted by Crippen LogP contribution is -2.18. The van der Waals surface area contributed by atoms with E-state index in [0.29, 0.717) is 6.42 Å². The maximum absolute atomic E-state index is 11.1. The third-order valence-corrected chi connectivity index (χ3v) is 3.75. The summed E-state index contributed by atoms with van der Waals surface area (Å²) in [5.74, 6) is 0.400. The molecule has 0 aromatic heterocycles. The van der Waals surface area contributed by atoms with Crippen molar-refractivity contribution < 1.29 is 4.79 Å². The molecule has 2 aliphatic rings. The first-order chi connectivity index (χ1) is 5.68. The highest BCUT2D eigenvalue weighted by Crippen LogP contribution is 2.36. The molecule has 64 valence electrons. The molecule has 1 aliphatic heterocycles. The van der Waals surface area contributed by atoms with E-state index in [1.54, 1.807) is 0 Å². The van der Waals surface area contributed by atoms with Gasteiger partial charge in [-0.3, -0.25) is 4.79 Å². The Kier molecular flexibility index (Phi) is 2.12. The second-order valence-corrected chi connectivity index (χ2v) is 4.84. The van der Waals surface area contributed by atoms with Crippen LogP contribution in [-0.2, 0) is 4.79 Å². The fourth-order valence-corrected chi connectivity index (χ4v) is 2.65. The number of alkyl halides is 1. The van der Waals surface area contributed by atoms with Crippen molar-refractivity contribution in [3.8, 4) is 0 Å². The van der Waals surface area contributed by atoms with Crippen LogP contribution >= 0.6 is 31.9 Å². The Hall–Kier alpha value is -0.0900. The van der Waals surface area contributed by atoms with E-state index in [4.69, 9.17) is 0 Å². The van der Waals surface area contributed by atoms with E-state index in [1.807, 2.05) is 6.08 Å². The van der Waals surface area contributed by atoms with Crippen molar-refractivity contribution in [2.24, 2.45) is 5.92 Å². The predicted octanol–water partition coefficient (Wildman–Crippen LogP) is 2.06. The molecule has 1 saturated heterocycles. The number of amides is 1. The summed E-state index contributed by atoms with van der Waals surface area (Å²) in [5.41, 5.74) is 1.02. The molecular weight excluding hydrogens is 286 g/mol. The topological polar surface area (TPSA) is 29.1 Å². The van der Waals surface area contributed by atoms with Crippen molar-refractivity contribution in [2.75, 3.05) is 0 Å². The Labute approximate surface area is 87.3 Å². The highest BCUT2D eigenvalue weighted by Gasteiger charge is 2.34. The highest BCUT2D eigenvalue weighted by molar-refractivity contribution is 9.12.